The van der Waals surface area contributed by atoms with Crippen LogP contribution in [0, 0.1) is 0 Å². The van der Waals surface area contributed by atoms with Gasteiger partial charge in [0.15, 0.2) is 6.54 Å². The molecule has 0 bridgehead atoms. The zero-order chi connectivity index (χ0) is 20.6. The summed E-state index contributed by atoms with van der Waals surface area (Å²) in [5.74, 6) is -0.557. The van der Waals surface area contributed by atoms with Crippen molar-refractivity contribution in [2.24, 2.45) is 0 Å². The SMILES string of the molecule is CCOC(=O)c1c(-c2ccccc2)csc1NC(=O)C[NH+](C)Cc1ccccc1. The number of ether oxygens (including phenoxy) is 1. The Balaban J connectivity index is 1.75. The van der Waals surface area contributed by atoms with Gasteiger partial charge in [-0.2, -0.15) is 0 Å². The van der Waals surface area contributed by atoms with E-state index in [1.54, 1.807) is 6.92 Å². The third-order valence-electron chi connectivity index (χ3n) is 4.42. The number of likely N-dealkylation sites (N-methyl/N-ethyl adjacent to an activating group) is 1. The molecule has 2 N–H and O–H groups in total. The minimum Gasteiger partial charge on any atom is -0.462 e. The van der Waals surface area contributed by atoms with Crippen LogP contribution in [0.5, 0.6) is 0 Å². The van der Waals surface area contributed by atoms with E-state index in [9.17, 15) is 9.59 Å². The first-order chi connectivity index (χ1) is 14.1. The van der Waals surface area contributed by atoms with Crippen LogP contribution in [0.15, 0.2) is 66.0 Å². The second kappa shape index (κ2) is 10.0. The van der Waals surface area contributed by atoms with Crippen LogP contribution in [0.25, 0.3) is 11.1 Å². The van der Waals surface area contributed by atoms with E-state index in [0.29, 0.717) is 17.1 Å². The Morgan fingerprint density at radius 2 is 1.69 bits per heavy atom. The highest BCUT2D eigenvalue weighted by atomic mass is 32.1. The number of benzene rings is 2. The summed E-state index contributed by atoms with van der Waals surface area (Å²) >= 11 is 1.34. The number of anilines is 1. The lowest BCUT2D eigenvalue weighted by Crippen LogP contribution is -3.08. The Kier molecular flexibility index (Phi) is 7.16. The molecule has 150 valence electrons. The first-order valence-corrected chi connectivity index (χ1v) is 10.5. The number of hydrogen-bond donors (Lipinski definition) is 2. The first-order valence-electron chi connectivity index (χ1n) is 9.57. The van der Waals surface area contributed by atoms with Gasteiger partial charge in [-0.05, 0) is 12.5 Å². The minimum atomic E-state index is -0.423. The summed E-state index contributed by atoms with van der Waals surface area (Å²) < 4.78 is 5.24. The van der Waals surface area contributed by atoms with Crippen LogP contribution in [0.1, 0.15) is 22.8 Å². The number of amides is 1. The molecular formula is C23H25N2O3S+. The predicted octanol–water partition coefficient (Wildman–Crippen LogP) is 3.25. The standard InChI is InChI=1S/C23H24N2O3S/c1-3-28-23(27)21-19(18-12-8-5-9-13-18)16-29-22(21)24-20(26)15-25(2)14-17-10-6-4-7-11-17/h4-13,16H,3,14-15H2,1-2H3,(H,24,26)/p+1. The molecule has 0 aliphatic rings. The number of carbonyl (C=O) groups is 2. The van der Waals surface area contributed by atoms with E-state index < -0.39 is 5.97 Å². The van der Waals surface area contributed by atoms with Gasteiger partial charge in [0.05, 0.1) is 13.7 Å². The van der Waals surface area contributed by atoms with Gasteiger partial charge in [-0.25, -0.2) is 4.79 Å². The van der Waals surface area contributed by atoms with E-state index in [1.807, 2.05) is 73.1 Å². The monoisotopic (exact) mass is 409 g/mol. The molecule has 0 saturated heterocycles. The van der Waals surface area contributed by atoms with Gasteiger partial charge in [-0.1, -0.05) is 60.7 Å². The maximum atomic E-state index is 12.6. The molecule has 29 heavy (non-hydrogen) atoms. The van der Waals surface area contributed by atoms with Crippen LogP contribution in [0.2, 0.25) is 0 Å². The van der Waals surface area contributed by atoms with Crippen molar-refractivity contribution >= 4 is 28.2 Å². The molecule has 6 heteroatoms. The highest BCUT2D eigenvalue weighted by Crippen LogP contribution is 2.36. The summed E-state index contributed by atoms with van der Waals surface area (Å²) in [5.41, 5.74) is 3.28. The van der Waals surface area contributed by atoms with E-state index in [1.165, 1.54) is 16.9 Å². The summed E-state index contributed by atoms with van der Waals surface area (Å²) in [4.78, 5) is 26.3. The maximum absolute atomic E-state index is 12.6. The third-order valence-corrected chi connectivity index (χ3v) is 5.31. The Morgan fingerprint density at radius 3 is 2.34 bits per heavy atom. The van der Waals surface area contributed by atoms with Crippen LogP contribution < -0.4 is 10.2 Å². The quantitative estimate of drug-likeness (QED) is 0.562. The van der Waals surface area contributed by atoms with Gasteiger partial charge in [-0.15, -0.1) is 11.3 Å². The van der Waals surface area contributed by atoms with Gasteiger partial charge in [-0.3, -0.25) is 4.79 Å². The average Bonchev–Trinajstić information content (AvgIpc) is 3.13. The van der Waals surface area contributed by atoms with E-state index in [4.69, 9.17) is 4.74 Å². The molecule has 0 saturated carbocycles. The topological polar surface area (TPSA) is 59.8 Å². The summed E-state index contributed by atoms with van der Waals surface area (Å²) in [7, 11) is 1.97. The summed E-state index contributed by atoms with van der Waals surface area (Å²) in [6.45, 7) is 3.10. The maximum Gasteiger partial charge on any atom is 0.341 e. The van der Waals surface area contributed by atoms with E-state index >= 15 is 0 Å². The number of quaternary nitrogens is 1. The van der Waals surface area contributed by atoms with Gasteiger partial charge < -0.3 is 15.0 Å². The number of thiophene rings is 1. The largest absolute Gasteiger partial charge is 0.462 e. The third kappa shape index (κ3) is 5.53. The Morgan fingerprint density at radius 1 is 1.03 bits per heavy atom. The molecule has 0 aliphatic carbocycles. The van der Waals surface area contributed by atoms with Crippen molar-refractivity contribution in [2.45, 2.75) is 13.5 Å². The molecule has 3 rings (SSSR count). The van der Waals surface area contributed by atoms with Gasteiger partial charge >= 0.3 is 5.97 Å². The molecule has 3 aromatic rings. The highest BCUT2D eigenvalue weighted by Gasteiger charge is 2.23. The number of carbonyl (C=O) groups excluding carboxylic acids is 2. The van der Waals surface area contributed by atoms with Crippen molar-refractivity contribution in [3.8, 4) is 11.1 Å². The molecule has 0 fully saturated rings. The summed E-state index contributed by atoms with van der Waals surface area (Å²) in [5, 5.41) is 5.33. The molecular weight excluding hydrogens is 384 g/mol. The van der Waals surface area contributed by atoms with Crippen LogP contribution in [0.4, 0.5) is 5.00 Å². The fraction of sp³-hybridized carbons (Fsp3) is 0.217. The lowest BCUT2D eigenvalue weighted by atomic mass is 10.0. The molecule has 0 aliphatic heterocycles. The Hall–Kier alpha value is -2.96. The van der Waals surface area contributed by atoms with E-state index in [2.05, 4.69) is 5.32 Å². The van der Waals surface area contributed by atoms with Crippen molar-refractivity contribution in [1.82, 2.24) is 0 Å². The second-order valence-electron chi connectivity index (χ2n) is 6.78. The molecule has 1 amide bonds. The van der Waals surface area contributed by atoms with Gasteiger partial charge in [0.25, 0.3) is 5.91 Å². The smallest absolute Gasteiger partial charge is 0.341 e. The molecule has 2 aromatic carbocycles. The number of rotatable bonds is 8. The Labute approximate surface area is 174 Å². The molecule has 0 radical (unpaired) electrons. The fourth-order valence-electron chi connectivity index (χ4n) is 3.14. The second-order valence-corrected chi connectivity index (χ2v) is 7.66. The van der Waals surface area contributed by atoms with Crippen molar-refractivity contribution in [2.75, 3.05) is 25.5 Å². The lowest BCUT2D eigenvalue weighted by molar-refractivity contribution is -0.885. The van der Waals surface area contributed by atoms with E-state index in [0.717, 1.165) is 22.6 Å². The van der Waals surface area contributed by atoms with E-state index in [-0.39, 0.29) is 12.5 Å². The van der Waals surface area contributed by atoms with Crippen LogP contribution in [-0.2, 0) is 16.1 Å². The molecule has 1 aromatic heterocycles. The molecule has 1 unspecified atom stereocenters. The van der Waals surface area contributed by atoms with Gasteiger partial charge in [0.1, 0.15) is 17.1 Å². The van der Waals surface area contributed by atoms with Gasteiger partial charge in [0.2, 0.25) is 0 Å². The molecule has 5 nitrogen and oxygen atoms in total. The van der Waals surface area contributed by atoms with Crippen LogP contribution in [0.3, 0.4) is 0 Å². The zero-order valence-corrected chi connectivity index (χ0v) is 17.4. The first kappa shape index (κ1) is 20.8. The van der Waals surface area contributed by atoms with Crippen molar-refractivity contribution in [1.29, 1.82) is 0 Å². The highest BCUT2D eigenvalue weighted by molar-refractivity contribution is 7.15. The number of hydrogen-bond acceptors (Lipinski definition) is 4. The van der Waals surface area contributed by atoms with Crippen molar-refractivity contribution in [3.63, 3.8) is 0 Å². The minimum absolute atomic E-state index is 0.134. The molecule has 1 heterocycles. The van der Waals surface area contributed by atoms with Gasteiger partial charge in [0, 0.05) is 16.5 Å². The molecule has 1 atom stereocenters. The van der Waals surface area contributed by atoms with Crippen LogP contribution >= 0.6 is 11.3 Å². The lowest BCUT2D eigenvalue weighted by Gasteiger charge is -2.14. The fourth-order valence-corrected chi connectivity index (χ4v) is 4.11. The number of nitrogens with one attached hydrogen (secondary N) is 2. The van der Waals surface area contributed by atoms with Crippen molar-refractivity contribution in [3.05, 3.63) is 77.2 Å². The summed E-state index contributed by atoms with van der Waals surface area (Å²) in [6, 6.07) is 19.7. The zero-order valence-electron chi connectivity index (χ0n) is 16.6. The summed E-state index contributed by atoms with van der Waals surface area (Å²) in [6.07, 6.45) is 0. The number of esters is 1. The Bertz CT molecular complexity index is 955. The van der Waals surface area contributed by atoms with Crippen molar-refractivity contribution < 1.29 is 19.2 Å². The van der Waals surface area contributed by atoms with Crippen LogP contribution in [-0.4, -0.2) is 32.1 Å². The predicted molar refractivity (Wildman–Crippen MR) is 116 cm³/mol. The normalized spacial score (nSPS) is 11.7. The molecule has 0 spiro atoms. The average molecular weight is 410 g/mol.